The summed E-state index contributed by atoms with van der Waals surface area (Å²) in [4.78, 5) is 31.2. The van der Waals surface area contributed by atoms with Crippen LogP contribution in [-0.2, 0) is 9.47 Å². The number of hydrogen-bond acceptors (Lipinski definition) is 6. The van der Waals surface area contributed by atoms with E-state index in [9.17, 15) is 9.59 Å². The molecule has 0 aliphatic rings. The summed E-state index contributed by atoms with van der Waals surface area (Å²) < 4.78 is 11.4. The van der Waals surface area contributed by atoms with Crippen LogP contribution in [0.2, 0.25) is 0 Å². The molecule has 0 radical (unpaired) electrons. The molecule has 1 aromatic rings. The first-order chi connectivity index (χ1) is 27.5. The maximum absolute atomic E-state index is 13.0. The number of hydrogen-bond donors (Lipinski definition) is 0. The number of ether oxygens (including phenoxy) is 2. The van der Waals surface area contributed by atoms with Crippen LogP contribution in [0.3, 0.4) is 0 Å². The lowest BCUT2D eigenvalue weighted by Gasteiger charge is -2.22. The first-order valence-electron chi connectivity index (χ1n) is 24.4. The molecule has 0 N–H and O–H groups in total. The van der Waals surface area contributed by atoms with E-state index >= 15 is 0 Å². The fourth-order valence-electron chi connectivity index (χ4n) is 7.69. The van der Waals surface area contributed by atoms with Gasteiger partial charge in [-0.25, -0.2) is 9.59 Å². The van der Waals surface area contributed by atoms with Crippen molar-refractivity contribution in [2.75, 3.05) is 52.5 Å². The van der Waals surface area contributed by atoms with Crippen LogP contribution in [0.1, 0.15) is 241 Å². The second-order valence-electron chi connectivity index (χ2n) is 16.7. The normalized spacial score (nSPS) is 11.5. The van der Waals surface area contributed by atoms with Crippen molar-refractivity contribution in [3.05, 3.63) is 35.4 Å². The molecule has 1 aromatic carbocycles. The number of nitrogens with zero attached hydrogens (tertiary/aromatic N) is 2. The van der Waals surface area contributed by atoms with Crippen molar-refractivity contribution in [1.29, 1.82) is 0 Å². The van der Waals surface area contributed by atoms with Crippen molar-refractivity contribution in [2.24, 2.45) is 0 Å². The Morgan fingerprint density at radius 2 is 0.625 bits per heavy atom. The molecule has 56 heavy (non-hydrogen) atoms. The number of benzene rings is 1. The Morgan fingerprint density at radius 3 is 0.911 bits per heavy atom. The third kappa shape index (κ3) is 31.1. The molecule has 0 fully saturated rings. The maximum Gasteiger partial charge on any atom is 0.338 e. The molecule has 0 aliphatic carbocycles. The third-order valence-corrected chi connectivity index (χ3v) is 11.3. The van der Waals surface area contributed by atoms with Gasteiger partial charge in [0.05, 0.1) is 24.3 Å². The second kappa shape index (κ2) is 39.9. The summed E-state index contributed by atoms with van der Waals surface area (Å²) in [5.41, 5.74) is 0.830. The van der Waals surface area contributed by atoms with Crippen LogP contribution in [-0.4, -0.2) is 74.2 Å². The number of rotatable bonds is 42. The van der Waals surface area contributed by atoms with E-state index < -0.39 is 0 Å². The molecule has 6 heteroatoms. The minimum Gasteiger partial charge on any atom is -0.462 e. The Balaban J connectivity index is 2.49. The summed E-state index contributed by atoms with van der Waals surface area (Å²) in [5, 5.41) is 0. The number of esters is 2. The molecule has 0 atom stereocenters. The summed E-state index contributed by atoms with van der Waals surface area (Å²) in [6, 6.07) is 6.85. The monoisotopic (exact) mass is 785 g/mol. The topological polar surface area (TPSA) is 59.1 Å². The molecule has 6 nitrogen and oxygen atoms in total. The van der Waals surface area contributed by atoms with E-state index in [1.165, 1.54) is 180 Å². The molecule has 0 saturated heterocycles. The Hall–Kier alpha value is -1.92. The van der Waals surface area contributed by atoms with Crippen molar-refractivity contribution in [3.63, 3.8) is 0 Å². The van der Waals surface area contributed by atoms with Gasteiger partial charge in [0.2, 0.25) is 0 Å². The number of carbonyl (C=O) groups excluding carboxylic acids is 2. The van der Waals surface area contributed by atoms with E-state index in [4.69, 9.17) is 9.47 Å². The molecular formula is C50H92N2O4. The molecule has 0 heterocycles. The summed E-state index contributed by atoms with van der Waals surface area (Å²) in [5.74, 6) is -0.728. The van der Waals surface area contributed by atoms with Crippen molar-refractivity contribution >= 4 is 11.9 Å². The minimum absolute atomic E-state index is 0.364. The summed E-state index contributed by atoms with van der Waals surface area (Å²) >= 11 is 0. The van der Waals surface area contributed by atoms with Gasteiger partial charge in [-0.3, -0.25) is 0 Å². The van der Waals surface area contributed by atoms with Crippen molar-refractivity contribution < 1.29 is 19.1 Å². The van der Waals surface area contributed by atoms with E-state index in [2.05, 4.69) is 37.5 Å². The second-order valence-corrected chi connectivity index (χ2v) is 16.7. The molecule has 326 valence electrons. The van der Waals surface area contributed by atoms with Crippen molar-refractivity contribution in [2.45, 2.75) is 220 Å². The van der Waals surface area contributed by atoms with Crippen molar-refractivity contribution in [1.82, 2.24) is 9.80 Å². The van der Waals surface area contributed by atoms with Gasteiger partial charge in [-0.05, 0) is 82.9 Å². The molecule has 0 unspecified atom stereocenters. The summed E-state index contributed by atoms with van der Waals surface area (Å²) in [6.07, 6.45) is 38.8. The van der Waals surface area contributed by atoms with Crippen LogP contribution in [0.15, 0.2) is 24.3 Å². The number of carbonyl (C=O) groups is 2. The van der Waals surface area contributed by atoms with Gasteiger partial charge in [0.15, 0.2) is 0 Å². The van der Waals surface area contributed by atoms with Crippen LogP contribution < -0.4 is 0 Å². The van der Waals surface area contributed by atoms with Gasteiger partial charge in [0, 0.05) is 13.1 Å². The molecule has 0 amide bonds. The van der Waals surface area contributed by atoms with E-state index in [0.29, 0.717) is 24.3 Å². The van der Waals surface area contributed by atoms with E-state index in [1.54, 1.807) is 24.3 Å². The molecule has 0 bridgehead atoms. The summed E-state index contributed by atoms with van der Waals surface area (Å²) in [6.45, 7) is 16.4. The van der Waals surface area contributed by atoms with E-state index in [-0.39, 0.29) is 11.9 Å². The predicted octanol–water partition coefficient (Wildman–Crippen LogP) is 14.4. The zero-order valence-corrected chi connectivity index (χ0v) is 37.7. The van der Waals surface area contributed by atoms with Gasteiger partial charge in [0.1, 0.15) is 0 Å². The highest BCUT2D eigenvalue weighted by molar-refractivity contribution is 5.95. The molecule has 0 aromatic heterocycles. The average molecular weight is 785 g/mol. The van der Waals surface area contributed by atoms with E-state index in [1.807, 2.05) is 0 Å². The first-order valence-corrected chi connectivity index (χ1v) is 24.4. The standard InChI is InChI=1S/C50H92N2O4/c1-5-9-13-17-21-25-29-38-51(39-30-26-22-18-14-10-6-2)42-34-44-55-49(53)47-36-33-37-48(46-47)50(54)56-45-35-43-52(40-31-27-23-19-15-11-7-3)41-32-28-24-20-16-12-8-4/h33,36-37,46H,5-32,34-35,38-45H2,1-4H3. The Kier molecular flexibility index (Phi) is 37.1. The van der Waals surface area contributed by atoms with Gasteiger partial charge in [-0.15, -0.1) is 0 Å². The third-order valence-electron chi connectivity index (χ3n) is 11.3. The SMILES string of the molecule is CCCCCCCCCN(CCCCCCCCC)CCCOC(=O)c1cccc(C(=O)OCCCN(CCCCCCCCC)CCCCCCCCC)c1. The largest absolute Gasteiger partial charge is 0.462 e. The lowest BCUT2D eigenvalue weighted by Crippen LogP contribution is -2.28. The quantitative estimate of drug-likeness (QED) is 0.0486. The van der Waals surface area contributed by atoms with Gasteiger partial charge in [-0.2, -0.15) is 0 Å². The zero-order valence-electron chi connectivity index (χ0n) is 37.7. The molecular weight excluding hydrogens is 693 g/mol. The predicted molar refractivity (Wildman–Crippen MR) is 241 cm³/mol. The molecule has 1 rings (SSSR count). The molecule has 0 spiro atoms. The highest BCUT2D eigenvalue weighted by Crippen LogP contribution is 2.14. The molecule has 0 saturated carbocycles. The maximum atomic E-state index is 13.0. The first kappa shape index (κ1) is 52.1. The smallest absolute Gasteiger partial charge is 0.338 e. The van der Waals surface area contributed by atoms with Crippen molar-refractivity contribution in [3.8, 4) is 0 Å². The van der Waals surface area contributed by atoms with Gasteiger partial charge in [-0.1, -0.05) is 188 Å². The van der Waals surface area contributed by atoms with Gasteiger partial charge in [0.25, 0.3) is 0 Å². The lowest BCUT2D eigenvalue weighted by atomic mass is 10.1. The van der Waals surface area contributed by atoms with E-state index in [0.717, 1.165) is 52.1 Å². The van der Waals surface area contributed by atoms with Crippen LogP contribution in [0.25, 0.3) is 0 Å². The highest BCUT2D eigenvalue weighted by atomic mass is 16.5. The lowest BCUT2D eigenvalue weighted by molar-refractivity contribution is 0.0486. The van der Waals surface area contributed by atoms with Crippen LogP contribution in [0, 0.1) is 0 Å². The highest BCUT2D eigenvalue weighted by Gasteiger charge is 2.14. The fourth-order valence-corrected chi connectivity index (χ4v) is 7.69. The Labute approximate surface area is 348 Å². The van der Waals surface area contributed by atoms with Gasteiger partial charge >= 0.3 is 11.9 Å². The fraction of sp³-hybridized carbons (Fsp3) is 0.840. The Bertz CT molecular complexity index is 905. The number of unbranched alkanes of at least 4 members (excludes halogenated alkanes) is 24. The van der Waals surface area contributed by atoms with Crippen LogP contribution >= 0.6 is 0 Å². The van der Waals surface area contributed by atoms with Crippen LogP contribution in [0.5, 0.6) is 0 Å². The zero-order chi connectivity index (χ0) is 40.6. The van der Waals surface area contributed by atoms with Crippen LogP contribution in [0.4, 0.5) is 0 Å². The molecule has 0 aliphatic heterocycles. The summed E-state index contributed by atoms with van der Waals surface area (Å²) in [7, 11) is 0. The van der Waals surface area contributed by atoms with Gasteiger partial charge < -0.3 is 19.3 Å². The Morgan fingerprint density at radius 1 is 0.375 bits per heavy atom. The minimum atomic E-state index is -0.364. The average Bonchev–Trinajstić information content (AvgIpc) is 3.21.